The summed E-state index contributed by atoms with van der Waals surface area (Å²) in [7, 11) is 0. The van der Waals surface area contributed by atoms with Crippen LogP contribution in [-0.2, 0) is 5.75 Å². The molecule has 0 spiro atoms. The second kappa shape index (κ2) is 8.10. The fourth-order valence-electron chi connectivity index (χ4n) is 2.87. The van der Waals surface area contributed by atoms with E-state index in [-0.39, 0.29) is 5.84 Å². The summed E-state index contributed by atoms with van der Waals surface area (Å²) >= 11 is 7.78. The van der Waals surface area contributed by atoms with Crippen LogP contribution in [-0.4, -0.2) is 5.84 Å². The van der Waals surface area contributed by atoms with Gasteiger partial charge in [0.2, 0.25) is 0 Å². The second-order valence-corrected chi connectivity index (χ2v) is 7.12. The highest BCUT2D eigenvalue weighted by Crippen LogP contribution is 2.43. The molecule has 6 heteroatoms. The number of halogens is 1. The third kappa shape index (κ3) is 3.60. The first-order valence-electron chi connectivity index (χ1n) is 7.94. The van der Waals surface area contributed by atoms with Crippen LogP contribution in [0.2, 0.25) is 5.02 Å². The highest BCUT2D eigenvalue weighted by molar-refractivity contribution is 8.02. The number of hydrogen-bond donors (Lipinski definition) is 1. The summed E-state index contributed by atoms with van der Waals surface area (Å²) in [6, 6.07) is 21.6. The summed E-state index contributed by atoms with van der Waals surface area (Å²) in [5, 5.41) is 20.4. The zero-order valence-electron chi connectivity index (χ0n) is 13.8. The molecule has 26 heavy (non-hydrogen) atoms. The van der Waals surface area contributed by atoms with Crippen LogP contribution in [0, 0.1) is 28.6 Å². The van der Waals surface area contributed by atoms with Gasteiger partial charge in [-0.05, 0) is 17.2 Å². The minimum Gasteiger partial charge on any atom is -0.386 e. The molecule has 1 aliphatic heterocycles. The molecule has 0 aromatic heterocycles. The van der Waals surface area contributed by atoms with E-state index in [0.717, 1.165) is 5.56 Å². The highest BCUT2D eigenvalue weighted by Gasteiger charge is 2.36. The Labute approximate surface area is 161 Å². The van der Waals surface area contributed by atoms with E-state index in [0.29, 0.717) is 26.9 Å². The maximum atomic E-state index is 9.80. The molecule has 0 saturated heterocycles. The number of nitriles is 2. The van der Waals surface area contributed by atoms with Gasteiger partial charge in [-0.25, -0.2) is 4.99 Å². The number of aliphatic imine (C=N–C) groups is 1. The van der Waals surface area contributed by atoms with Gasteiger partial charge < -0.3 is 5.73 Å². The van der Waals surface area contributed by atoms with Gasteiger partial charge in [-0.15, -0.1) is 11.8 Å². The molecule has 1 aliphatic rings. The predicted octanol–water partition coefficient (Wildman–Crippen LogP) is 4.60. The van der Waals surface area contributed by atoms with Crippen LogP contribution in [0.25, 0.3) is 0 Å². The molecule has 4 nitrogen and oxygen atoms in total. The van der Waals surface area contributed by atoms with Crippen molar-refractivity contribution in [3.63, 3.8) is 0 Å². The van der Waals surface area contributed by atoms with Crippen molar-refractivity contribution in [1.29, 1.82) is 10.5 Å². The number of thioether (sulfide) groups is 1. The molecule has 0 radical (unpaired) electrons. The van der Waals surface area contributed by atoms with Crippen molar-refractivity contribution in [2.45, 2.75) is 11.7 Å². The molecular weight excluding hydrogens is 364 g/mol. The lowest BCUT2D eigenvalue weighted by Gasteiger charge is -2.27. The first-order chi connectivity index (χ1) is 12.7. The molecule has 0 fully saturated rings. The van der Waals surface area contributed by atoms with Gasteiger partial charge in [-0.3, -0.25) is 0 Å². The molecule has 2 atom stereocenters. The van der Waals surface area contributed by atoms with E-state index >= 15 is 0 Å². The summed E-state index contributed by atoms with van der Waals surface area (Å²) in [5.41, 5.74) is 8.34. The van der Waals surface area contributed by atoms with E-state index in [2.05, 4.69) is 17.1 Å². The van der Waals surface area contributed by atoms with Gasteiger partial charge in [0.1, 0.15) is 16.8 Å². The second-order valence-electron chi connectivity index (χ2n) is 5.75. The molecule has 0 saturated carbocycles. The Morgan fingerprint density at radius 3 is 2.42 bits per heavy atom. The third-order valence-corrected chi connectivity index (χ3v) is 5.55. The highest BCUT2D eigenvalue weighted by atomic mass is 35.5. The van der Waals surface area contributed by atoms with Gasteiger partial charge in [0, 0.05) is 16.7 Å². The summed E-state index contributed by atoms with van der Waals surface area (Å²) < 4.78 is 0. The average Bonchev–Trinajstić information content (AvgIpc) is 2.67. The largest absolute Gasteiger partial charge is 0.386 e. The van der Waals surface area contributed by atoms with E-state index in [1.165, 1.54) is 11.8 Å². The monoisotopic (exact) mass is 378 g/mol. The van der Waals surface area contributed by atoms with Gasteiger partial charge in [0.15, 0.2) is 0 Å². The van der Waals surface area contributed by atoms with Crippen molar-refractivity contribution >= 4 is 29.2 Å². The van der Waals surface area contributed by atoms with Gasteiger partial charge in [0.25, 0.3) is 0 Å². The van der Waals surface area contributed by atoms with Gasteiger partial charge in [-0.2, -0.15) is 10.5 Å². The van der Waals surface area contributed by atoms with Gasteiger partial charge >= 0.3 is 0 Å². The number of hydrogen-bond acceptors (Lipinski definition) is 5. The lowest BCUT2D eigenvalue weighted by molar-refractivity contribution is 0.709. The standard InChI is InChI=1S/C20H15ClN4S/c21-17-9-5-4-8-14(17)18-15(10-22)19(24)25-20(16(18)11-23)26-12-13-6-2-1-3-7-13/h1-9,15,18H,12H2,(H2,24,25)/t15?,18-/m1/s1. The SMILES string of the molecule is N#CC1=C(SCc2ccccc2)N=C(N)C(C#N)[C@H]1c1ccccc1Cl. The molecule has 128 valence electrons. The van der Waals surface area contributed by atoms with E-state index in [4.69, 9.17) is 17.3 Å². The van der Waals surface area contributed by atoms with Gasteiger partial charge in [0.05, 0.1) is 17.7 Å². The van der Waals surface area contributed by atoms with Gasteiger partial charge in [-0.1, -0.05) is 60.1 Å². The zero-order chi connectivity index (χ0) is 18.5. The number of nitrogens with zero attached hydrogens (tertiary/aromatic N) is 3. The summed E-state index contributed by atoms with van der Waals surface area (Å²) in [6.07, 6.45) is 0. The summed E-state index contributed by atoms with van der Waals surface area (Å²) in [4.78, 5) is 4.36. The minimum absolute atomic E-state index is 0.215. The van der Waals surface area contributed by atoms with E-state index in [1.807, 2.05) is 48.5 Å². The molecule has 0 bridgehead atoms. The first-order valence-corrected chi connectivity index (χ1v) is 9.31. The molecule has 2 N–H and O–H groups in total. The smallest absolute Gasteiger partial charge is 0.119 e. The topological polar surface area (TPSA) is 86.0 Å². The molecule has 2 aromatic carbocycles. The molecule has 1 heterocycles. The molecule has 0 aliphatic carbocycles. The summed E-state index contributed by atoms with van der Waals surface area (Å²) in [5.74, 6) is -0.364. The number of benzene rings is 2. The van der Waals surface area contributed by atoms with Crippen molar-refractivity contribution < 1.29 is 0 Å². The number of rotatable bonds is 4. The van der Waals surface area contributed by atoms with Crippen LogP contribution in [0.5, 0.6) is 0 Å². The number of allylic oxidation sites excluding steroid dienone is 1. The Morgan fingerprint density at radius 1 is 1.08 bits per heavy atom. The van der Waals surface area contributed by atoms with Crippen molar-refractivity contribution in [1.82, 2.24) is 0 Å². The summed E-state index contributed by atoms with van der Waals surface area (Å²) in [6.45, 7) is 0. The molecule has 0 amide bonds. The number of amidine groups is 1. The molecule has 1 unspecified atom stereocenters. The maximum absolute atomic E-state index is 9.80. The quantitative estimate of drug-likeness (QED) is 0.842. The Bertz CT molecular complexity index is 954. The lowest BCUT2D eigenvalue weighted by Crippen LogP contribution is -2.32. The lowest BCUT2D eigenvalue weighted by atomic mass is 9.80. The Balaban J connectivity index is 2.02. The number of nitrogens with two attached hydrogens (primary N) is 1. The van der Waals surface area contributed by atoms with Crippen LogP contribution < -0.4 is 5.73 Å². The Morgan fingerprint density at radius 2 is 1.77 bits per heavy atom. The third-order valence-electron chi connectivity index (χ3n) is 4.14. The van der Waals surface area contributed by atoms with Crippen molar-refractivity contribution in [3.05, 3.63) is 81.3 Å². The maximum Gasteiger partial charge on any atom is 0.119 e. The average molecular weight is 379 g/mol. The minimum atomic E-state index is -0.717. The Kier molecular flexibility index (Phi) is 5.63. The fraction of sp³-hybridized carbons (Fsp3) is 0.150. The van der Waals surface area contributed by atoms with E-state index in [9.17, 15) is 10.5 Å². The molecule has 2 aromatic rings. The zero-order valence-corrected chi connectivity index (χ0v) is 15.3. The van der Waals surface area contributed by atoms with Crippen LogP contribution in [0.15, 0.2) is 70.2 Å². The van der Waals surface area contributed by atoms with E-state index in [1.54, 1.807) is 6.07 Å². The first kappa shape index (κ1) is 18.1. The van der Waals surface area contributed by atoms with Crippen molar-refractivity contribution in [3.8, 4) is 12.1 Å². The molecular formula is C20H15ClN4S. The van der Waals surface area contributed by atoms with E-state index < -0.39 is 11.8 Å². The predicted molar refractivity (Wildman–Crippen MR) is 105 cm³/mol. The fourth-order valence-corrected chi connectivity index (χ4v) is 4.12. The van der Waals surface area contributed by atoms with Crippen molar-refractivity contribution in [2.75, 3.05) is 0 Å². The molecule has 3 rings (SSSR count). The van der Waals surface area contributed by atoms with Crippen molar-refractivity contribution in [2.24, 2.45) is 16.6 Å². The van der Waals surface area contributed by atoms with Crippen LogP contribution in [0.1, 0.15) is 17.0 Å². The van der Waals surface area contributed by atoms with Crippen LogP contribution in [0.4, 0.5) is 0 Å². The Hall–Kier alpha value is -2.73. The van der Waals surface area contributed by atoms with Crippen LogP contribution >= 0.6 is 23.4 Å². The normalized spacial score (nSPS) is 19.4. The van der Waals surface area contributed by atoms with Crippen LogP contribution in [0.3, 0.4) is 0 Å².